The van der Waals surface area contributed by atoms with Gasteiger partial charge in [0.2, 0.25) is 0 Å². The highest BCUT2D eigenvalue weighted by atomic mass is 35.5. The predicted octanol–water partition coefficient (Wildman–Crippen LogP) is 2.25. The van der Waals surface area contributed by atoms with Crippen molar-refractivity contribution in [1.82, 2.24) is 4.98 Å². The van der Waals surface area contributed by atoms with Crippen molar-refractivity contribution >= 4 is 23.3 Å². The smallest absolute Gasteiger partial charge is 0.148 e. The standard InChI is InChI=1S/C11H17ClN4/c1-4-7(2)16(3)11-9(12)8(10(13)14)5-6-15-11/h5-7H,4H2,1-3H3,(H3,13,14). The maximum atomic E-state index is 7.41. The van der Waals surface area contributed by atoms with Gasteiger partial charge in [-0.1, -0.05) is 18.5 Å². The number of nitrogens with two attached hydrogens (primary N) is 1. The van der Waals surface area contributed by atoms with Crippen LogP contribution in [0.25, 0.3) is 0 Å². The van der Waals surface area contributed by atoms with Crippen molar-refractivity contribution in [3.05, 3.63) is 22.8 Å². The highest BCUT2D eigenvalue weighted by molar-refractivity contribution is 6.36. The van der Waals surface area contributed by atoms with Crippen molar-refractivity contribution in [1.29, 1.82) is 5.41 Å². The normalized spacial score (nSPS) is 12.2. The van der Waals surface area contributed by atoms with E-state index in [1.165, 1.54) is 0 Å². The van der Waals surface area contributed by atoms with Crippen LogP contribution in [0.1, 0.15) is 25.8 Å². The zero-order chi connectivity index (χ0) is 12.3. The molecule has 0 bridgehead atoms. The number of nitrogens with zero attached hydrogens (tertiary/aromatic N) is 2. The number of nitrogens with one attached hydrogen (secondary N) is 1. The first-order chi connectivity index (χ1) is 7.49. The van der Waals surface area contributed by atoms with Gasteiger partial charge in [0.25, 0.3) is 0 Å². The van der Waals surface area contributed by atoms with Gasteiger partial charge in [-0.05, 0) is 19.4 Å². The molecular weight excluding hydrogens is 224 g/mol. The summed E-state index contributed by atoms with van der Waals surface area (Å²) in [5.74, 6) is 0.634. The summed E-state index contributed by atoms with van der Waals surface area (Å²) in [6, 6.07) is 1.99. The van der Waals surface area contributed by atoms with Gasteiger partial charge in [-0.25, -0.2) is 4.98 Å². The average Bonchev–Trinajstić information content (AvgIpc) is 2.27. The lowest BCUT2D eigenvalue weighted by molar-refractivity contribution is 0.657. The summed E-state index contributed by atoms with van der Waals surface area (Å²) in [6.45, 7) is 4.20. The molecule has 1 heterocycles. The van der Waals surface area contributed by atoms with Crippen LogP contribution in [0.3, 0.4) is 0 Å². The monoisotopic (exact) mass is 240 g/mol. The molecule has 1 atom stereocenters. The molecule has 0 fully saturated rings. The van der Waals surface area contributed by atoms with Gasteiger partial charge in [0.05, 0.1) is 5.02 Å². The van der Waals surface area contributed by atoms with Gasteiger partial charge in [-0.3, -0.25) is 5.41 Å². The van der Waals surface area contributed by atoms with Crippen LogP contribution in [-0.4, -0.2) is 23.9 Å². The Morgan fingerprint density at radius 2 is 2.31 bits per heavy atom. The van der Waals surface area contributed by atoms with E-state index in [0.29, 0.717) is 22.4 Å². The van der Waals surface area contributed by atoms with E-state index in [0.717, 1.165) is 6.42 Å². The molecular formula is C11H17ClN4. The first kappa shape index (κ1) is 12.8. The fourth-order valence-corrected chi connectivity index (χ4v) is 1.72. The maximum absolute atomic E-state index is 7.41. The van der Waals surface area contributed by atoms with Gasteiger partial charge < -0.3 is 10.6 Å². The van der Waals surface area contributed by atoms with Crippen LogP contribution in [0.2, 0.25) is 5.02 Å². The molecule has 1 unspecified atom stereocenters. The number of aromatic nitrogens is 1. The average molecular weight is 241 g/mol. The third kappa shape index (κ3) is 2.44. The van der Waals surface area contributed by atoms with Crippen molar-refractivity contribution in [2.45, 2.75) is 26.3 Å². The fourth-order valence-electron chi connectivity index (χ4n) is 1.37. The summed E-state index contributed by atoms with van der Waals surface area (Å²) in [5.41, 5.74) is 5.97. The Labute approximate surface area is 101 Å². The quantitative estimate of drug-likeness (QED) is 0.627. The second-order valence-electron chi connectivity index (χ2n) is 3.78. The molecule has 0 saturated heterocycles. The lowest BCUT2D eigenvalue weighted by Gasteiger charge is -2.26. The summed E-state index contributed by atoms with van der Waals surface area (Å²) < 4.78 is 0. The largest absolute Gasteiger partial charge is 0.384 e. The molecule has 0 spiro atoms. The molecule has 5 heteroatoms. The third-order valence-electron chi connectivity index (χ3n) is 2.75. The van der Waals surface area contributed by atoms with Crippen LogP contribution in [0.4, 0.5) is 5.82 Å². The fraction of sp³-hybridized carbons (Fsp3) is 0.455. The van der Waals surface area contributed by atoms with E-state index < -0.39 is 0 Å². The number of anilines is 1. The molecule has 1 rings (SSSR count). The van der Waals surface area contributed by atoms with E-state index in [-0.39, 0.29) is 5.84 Å². The minimum Gasteiger partial charge on any atom is -0.384 e. The molecule has 1 aromatic rings. The van der Waals surface area contributed by atoms with Crippen LogP contribution in [-0.2, 0) is 0 Å². The number of hydrogen-bond acceptors (Lipinski definition) is 3. The number of pyridine rings is 1. The van der Waals surface area contributed by atoms with Crippen LogP contribution in [0.15, 0.2) is 12.3 Å². The lowest BCUT2D eigenvalue weighted by Crippen LogP contribution is -2.29. The molecule has 0 aliphatic heterocycles. The van der Waals surface area contributed by atoms with Gasteiger partial charge in [-0.15, -0.1) is 0 Å². The minimum absolute atomic E-state index is 0.0359. The SMILES string of the molecule is CCC(C)N(C)c1nccc(C(=N)N)c1Cl. The molecule has 4 nitrogen and oxygen atoms in total. The summed E-state index contributed by atoms with van der Waals surface area (Å²) in [6.07, 6.45) is 2.62. The Hall–Kier alpha value is -1.29. The van der Waals surface area contributed by atoms with Gasteiger partial charge in [-0.2, -0.15) is 0 Å². The Bertz CT molecular complexity index is 392. The van der Waals surface area contributed by atoms with Crippen molar-refractivity contribution < 1.29 is 0 Å². The first-order valence-electron chi connectivity index (χ1n) is 5.20. The van der Waals surface area contributed by atoms with Crippen molar-refractivity contribution in [3.63, 3.8) is 0 Å². The van der Waals surface area contributed by atoms with E-state index in [1.54, 1.807) is 12.3 Å². The topological polar surface area (TPSA) is 66.0 Å². The van der Waals surface area contributed by atoms with Gasteiger partial charge in [0.1, 0.15) is 11.7 Å². The van der Waals surface area contributed by atoms with Crippen LogP contribution in [0.5, 0.6) is 0 Å². The van der Waals surface area contributed by atoms with E-state index in [4.69, 9.17) is 22.7 Å². The summed E-state index contributed by atoms with van der Waals surface area (Å²) >= 11 is 6.17. The summed E-state index contributed by atoms with van der Waals surface area (Å²) in [5, 5.41) is 7.86. The second-order valence-corrected chi connectivity index (χ2v) is 4.16. The van der Waals surface area contributed by atoms with E-state index >= 15 is 0 Å². The molecule has 16 heavy (non-hydrogen) atoms. The molecule has 1 aromatic heterocycles. The van der Waals surface area contributed by atoms with Crippen LogP contribution in [0, 0.1) is 5.41 Å². The molecule has 88 valence electrons. The second kappa shape index (κ2) is 5.16. The highest BCUT2D eigenvalue weighted by Crippen LogP contribution is 2.27. The van der Waals surface area contributed by atoms with Crippen molar-refractivity contribution in [2.24, 2.45) is 5.73 Å². The number of nitrogen functional groups attached to an aromatic ring is 1. The molecule has 0 radical (unpaired) electrons. The third-order valence-corrected chi connectivity index (χ3v) is 3.12. The molecule has 0 aliphatic rings. The number of halogens is 1. The van der Waals surface area contributed by atoms with E-state index in [9.17, 15) is 0 Å². The van der Waals surface area contributed by atoms with Crippen molar-refractivity contribution in [3.8, 4) is 0 Å². The Balaban J connectivity index is 3.15. The van der Waals surface area contributed by atoms with E-state index in [1.807, 2.05) is 11.9 Å². The Morgan fingerprint density at radius 3 is 2.81 bits per heavy atom. The molecule has 0 amide bonds. The van der Waals surface area contributed by atoms with Gasteiger partial charge in [0.15, 0.2) is 0 Å². The Kier molecular flexibility index (Phi) is 4.12. The Morgan fingerprint density at radius 1 is 1.69 bits per heavy atom. The van der Waals surface area contributed by atoms with Gasteiger partial charge in [0, 0.05) is 24.8 Å². The lowest BCUT2D eigenvalue weighted by atomic mass is 10.2. The molecule has 0 aliphatic carbocycles. The molecule has 0 saturated carbocycles. The van der Waals surface area contributed by atoms with Gasteiger partial charge >= 0.3 is 0 Å². The van der Waals surface area contributed by atoms with Crippen LogP contribution < -0.4 is 10.6 Å². The first-order valence-corrected chi connectivity index (χ1v) is 5.58. The number of amidine groups is 1. The number of hydrogen-bond donors (Lipinski definition) is 2. The highest BCUT2D eigenvalue weighted by Gasteiger charge is 2.16. The molecule has 0 aromatic carbocycles. The zero-order valence-electron chi connectivity index (χ0n) is 9.79. The minimum atomic E-state index is -0.0359. The number of rotatable bonds is 4. The maximum Gasteiger partial charge on any atom is 0.148 e. The predicted molar refractivity (Wildman–Crippen MR) is 68.4 cm³/mol. The van der Waals surface area contributed by atoms with E-state index in [2.05, 4.69) is 18.8 Å². The van der Waals surface area contributed by atoms with Crippen LogP contribution >= 0.6 is 11.6 Å². The summed E-state index contributed by atoms with van der Waals surface area (Å²) in [7, 11) is 1.94. The molecule has 3 N–H and O–H groups in total. The zero-order valence-corrected chi connectivity index (χ0v) is 10.5. The summed E-state index contributed by atoms with van der Waals surface area (Å²) in [4.78, 5) is 6.23. The van der Waals surface area contributed by atoms with Crippen molar-refractivity contribution in [2.75, 3.05) is 11.9 Å².